The summed E-state index contributed by atoms with van der Waals surface area (Å²) in [5, 5.41) is 0. The normalized spacial score (nSPS) is 35.0. The number of allylic oxidation sites excluding steroid dienone is 3. The molecule has 2 aliphatic carbocycles. The summed E-state index contributed by atoms with van der Waals surface area (Å²) in [6, 6.07) is 0. The molecule has 3 aliphatic rings. The molecule has 0 unspecified atom stereocenters. The van der Waals surface area contributed by atoms with E-state index in [4.69, 9.17) is 9.47 Å². The first kappa shape index (κ1) is 17.6. The summed E-state index contributed by atoms with van der Waals surface area (Å²) in [5.41, 5.74) is 1.82. The molecule has 1 aliphatic heterocycles. The van der Waals surface area contributed by atoms with Crippen molar-refractivity contribution in [3.8, 4) is 0 Å². The first-order valence-corrected chi connectivity index (χ1v) is 8.70. The van der Waals surface area contributed by atoms with E-state index in [-0.39, 0.29) is 17.6 Å². The van der Waals surface area contributed by atoms with Gasteiger partial charge in [-0.05, 0) is 53.5 Å². The number of carbonyl (C=O) groups excluding carboxylic acids is 3. The predicted octanol–water partition coefficient (Wildman–Crippen LogP) is 3.05. The van der Waals surface area contributed by atoms with Crippen molar-refractivity contribution in [1.82, 2.24) is 0 Å². The van der Waals surface area contributed by atoms with E-state index >= 15 is 0 Å². The van der Waals surface area contributed by atoms with Gasteiger partial charge in [0.1, 0.15) is 6.10 Å². The number of hydrogen-bond acceptors (Lipinski definition) is 5. The Morgan fingerprint density at radius 3 is 2.68 bits per heavy atom. The van der Waals surface area contributed by atoms with Crippen molar-refractivity contribution in [2.24, 2.45) is 11.8 Å². The van der Waals surface area contributed by atoms with Gasteiger partial charge in [-0.15, -0.1) is 0 Å². The third-order valence-electron chi connectivity index (χ3n) is 5.86. The van der Waals surface area contributed by atoms with Crippen LogP contribution in [0.5, 0.6) is 0 Å². The van der Waals surface area contributed by atoms with Gasteiger partial charge < -0.3 is 9.47 Å². The quantitative estimate of drug-likeness (QED) is 0.569. The minimum absolute atomic E-state index is 0.00653. The van der Waals surface area contributed by atoms with Crippen molar-refractivity contribution in [3.05, 3.63) is 34.4 Å². The number of ketones is 1. The average Bonchev–Trinajstić information content (AvgIpc) is 2.90. The van der Waals surface area contributed by atoms with Gasteiger partial charge in [0.25, 0.3) is 0 Å². The SMILES string of the molecule is C/C=C(\C)C(=O)O[C@@]1(C)C(=O)O[C@H]2[C@@H]3C(C)=CC(=O)C3=C(C)CC[C@H]21. The Labute approximate surface area is 147 Å². The van der Waals surface area contributed by atoms with Crippen LogP contribution in [-0.2, 0) is 23.9 Å². The topological polar surface area (TPSA) is 69.7 Å². The molecule has 0 N–H and O–H groups in total. The van der Waals surface area contributed by atoms with Crippen LogP contribution in [0.1, 0.15) is 47.5 Å². The standard InChI is InChI=1S/C20H24O5/c1-6-10(2)18(22)25-20(5)13-8-7-11(3)15-14(21)9-12(4)16(15)17(13)24-19(20)23/h6,9,13,16-17H,7-8H2,1-5H3/b10-6+/t13-,16-,17-,20-/m1/s1. The molecular weight excluding hydrogens is 320 g/mol. The molecule has 0 radical (unpaired) electrons. The predicted molar refractivity (Wildman–Crippen MR) is 91.5 cm³/mol. The van der Waals surface area contributed by atoms with Crippen molar-refractivity contribution < 1.29 is 23.9 Å². The molecule has 0 bridgehead atoms. The van der Waals surface area contributed by atoms with E-state index in [1.165, 1.54) is 0 Å². The van der Waals surface area contributed by atoms with Crippen molar-refractivity contribution in [2.45, 2.75) is 59.2 Å². The summed E-state index contributed by atoms with van der Waals surface area (Å²) in [6.07, 6.45) is 4.15. The fourth-order valence-corrected chi connectivity index (χ4v) is 4.20. The number of rotatable bonds is 2. The van der Waals surface area contributed by atoms with E-state index < -0.39 is 23.6 Å². The van der Waals surface area contributed by atoms with Crippen LogP contribution in [0.4, 0.5) is 0 Å². The van der Waals surface area contributed by atoms with Gasteiger partial charge in [0.2, 0.25) is 5.60 Å². The highest BCUT2D eigenvalue weighted by atomic mass is 16.6. The van der Waals surface area contributed by atoms with Gasteiger partial charge in [-0.2, -0.15) is 0 Å². The molecule has 0 aromatic carbocycles. The monoisotopic (exact) mass is 344 g/mol. The summed E-state index contributed by atoms with van der Waals surface area (Å²) in [6.45, 7) is 8.89. The lowest BCUT2D eigenvalue weighted by atomic mass is 9.78. The third kappa shape index (κ3) is 2.57. The van der Waals surface area contributed by atoms with Crippen LogP contribution in [-0.4, -0.2) is 29.4 Å². The highest BCUT2D eigenvalue weighted by Crippen LogP contribution is 2.50. The molecule has 134 valence electrons. The number of esters is 2. The van der Waals surface area contributed by atoms with Gasteiger partial charge in [0.05, 0.1) is 0 Å². The second kappa shape index (κ2) is 5.97. The Balaban J connectivity index is 1.98. The van der Waals surface area contributed by atoms with Crippen LogP contribution in [0.15, 0.2) is 34.4 Å². The van der Waals surface area contributed by atoms with Gasteiger partial charge in [-0.3, -0.25) is 4.79 Å². The Bertz CT molecular complexity index is 754. The maximum atomic E-state index is 12.6. The highest BCUT2D eigenvalue weighted by Gasteiger charge is 2.61. The Hall–Kier alpha value is -2.17. The van der Waals surface area contributed by atoms with Crippen LogP contribution >= 0.6 is 0 Å². The van der Waals surface area contributed by atoms with E-state index in [1.807, 2.05) is 13.8 Å². The number of ether oxygens (including phenoxy) is 2. The summed E-state index contributed by atoms with van der Waals surface area (Å²) < 4.78 is 11.3. The fraction of sp³-hybridized carbons (Fsp3) is 0.550. The Morgan fingerprint density at radius 2 is 2.04 bits per heavy atom. The van der Waals surface area contributed by atoms with E-state index in [1.54, 1.807) is 32.9 Å². The molecule has 0 aromatic rings. The molecule has 4 atom stereocenters. The molecule has 1 saturated heterocycles. The summed E-state index contributed by atoms with van der Waals surface area (Å²) in [4.78, 5) is 37.3. The summed E-state index contributed by atoms with van der Waals surface area (Å²) >= 11 is 0. The number of hydrogen-bond donors (Lipinski definition) is 0. The summed E-state index contributed by atoms with van der Waals surface area (Å²) in [7, 11) is 0. The van der Waals surface area contributed by atoms with E-state index in [0.29, 0.717) is 18.4 Å². The van der Waals surface area contributed by atoms with Crippen molar-refractivity contribution in [2.75, 3.05) is 0 Å². The molecule has 1 heterocycles. The molecule has 0 aromatic heterocycles. The first-order valence-electron chi connectivity index (χ1n) is 8.70. The molecule has 0 amide bonds. The lowest BCUT2D eigenvalue weighted by molar-refractivity contribution is -0.170. The van der Waals surface area contributed by atoms with Crippen LogP contribution in [0.25, 0.3) is 0 Å². The molecule has 0 saturated carbocycles. The van der Waals surface area contributed by atoms with E-state index in [2.05, 4.69) is 0 Å². The molecule has 3 rings (SSSR count). The third-order valence-corrected chi connectivity index (χ3v) is 5.86. The minimum Gasteiger partial charge on any atom is -0.458 e. The van der Waals surface area contributed by atoms with Crippen LogP contribution in [0.3, 0.4) is 0 Å². The minimum atomic E-state index is -1.33. The highest BCUT2D eigenvalue weighted by molar-refractivity contribution is 6.09. The van der Waals surface area contributed by atoms with Gasteiger partial charge in [0.15, 0.2) is 5.78 Å². The summed E-state index contributed by atoms with van der Waals surface area (Å²) in [5.74, 6) is -1.53. The Morgan fingerprint density at radius 1 is 1.36 bits per heavy atom. The second-order valence-electron chi connectivity index (χ2n) is 7.41. The molecule has 25 heavy (non-hydrogen) atoms. The first-order chi connectivity index (χ1) is 11.7. The average molecular weight is 344 g/mol. The second-order valence-corrected chi connectivity index (χ2v) is 7.41. The van der Waals surface area contributed by atoms with Gasteiger partial charge >= 0.3 is 11.9 Å². The number of carbonyl (C=O) groups is 3. The largest absolute Gasteiger partial charge is 0.458 e. The van der Waals surface area contributed by atoms with Crippen molar-refractivity contribution >= 4 is 17.7 Å². The molecule has 5 heteroatoms. The molecular formula is C20H24O5. The maximum Gasteiger partial charge on any atom is 0.351 e. The molecule has 1 fully saturated rings. The zero-order valence-corrected chi connectivity index (χ0v) is 15.3. The van der Waals surface area contributed by atoms with Gasteiger partial charge in [-0.1, -0.05) is 17.2 Å². The zero-order valence-electron chi connectivity index (χ0n) is 15.3. The zero-order chi connectivity index (χ0) is 18.5. The molecule has 0 spiro atoms. The lowest BCUT2D eigenvalue weighted by Gasteiger charge is -2.30. The fourth-order valence-electron chi connectivity index (χ4n) is 4.20. The Kier molecular flexibility index (Phi) is 4.21. The van der Waals surface area contributed by atoms with Crippen molar-refractivity contribution in [1.29, 1.82) is 0 Å². The van der Waals surface area contributed by atoms with Crippen LogP contribution < -0.4 is 0 Å². The lowest BCUT2D eigenvalue weighted by Crippen LogP contribution is -2.44. The van der Waals surface area contributed by atoms with E-state index in [0.717, 1.165) is 16.7 Å². The maximum absolute atomic E-state index is 12.6. The van der Waals surface area contributed by atoms with Crippen molar-refractivity contribution in [3.63, 3.8) is 0 Å². The van der Waals surface area contributed by atoms with Crippen LogP contribution in [0.2, 0.25) is 0 Å². The van der Waals surface area contributed by atoms with E-state index in [9.17, 15) is 14.4 Å². The van der Waals surface area contributed by atoms with Crippen LogP contribution in [0, 0.1) is 11.8 Å². The number of fused-ring (bicyclic) bond motifs is 3. The van der Waals surface area contributed by atoms with Gasteiger partial charge in [0, 0.05) is 23.0 Å². The smallest absolute Gasteiger partial charge is 0.351 e. The molecule has 5 nitrogen and oxygen atoms in total. The van der Waals surface area contributed by atoms with Gasteiger partial charge in [-0.25, -0.2) is 9.59 Å².